The lowest BCUT2D eigenvalue weighted by molar-refractivity contribution is 0.462. The number of hydrogen-bond acceptors (Lipinski definition) is 6. The summed E-state index contributed by atoms with van der Waals surface area (Å²) < 4.78 is 0. The van der Waals surface area contributed by atoms with Crippen LogP contribution in [-0.4, -0.2) is 30.6 Å². The van der Waals surface area contributed by atoms with Gasteiger partial charge in [0.1, 0.15) is 34.5 Å². The van der Waals surface area contributed by atoms with Crippen molar-refractivity contribution < 1.29 is 30.6 Å². The van der Waals surface area contributed by atoms with Gasteiger partial charge in [-0.15, -0.1) is 0 Å². The van der Waals surface area contributed by atoms with Gasteiger partial charge in [-0.1, -0.05) is 36.4 Å². The number of benzene rings is 5. The highest BCUT2D eigenvalue weighted by Gasteiger charge is 2.16. The van der Waals surface area contributed by atoms with Crippen molar-refractivity contribution in [2.45, 2.75) is 0 Å². The molecule has 5 aromatic carbocycles. The van der Waals surface area contributed by atoms with Crippen molar-refractivity contribution in [1.29, 1.82) is 0 Å². The van der Waals surface area contributed by atoms with Crippen molar-refractivity contribution in [3.8, 4) is 79.0 Å². The van der Waals surface area contributed by atoms with Gasteiger partial charge in [0.2, 0.25) is 0 Å². The van der Waals surface area contributed by atoms with E-state index in [2.05, 4.69) is 0 Å². The number of phenolic OH excluding ortho intramolecular Hbond substituents is 6. The molecule has 6 nitrogen and oxygen atoms in total. The Kier molecular flexibility index (Phi) is 5.62. The maximum Gasteiger partial charge on any atom is 0.131 e. The summed E-state index contributed by atoms with van der Waals surface area (Å²) in [6.45, 7) is 0. The Hall–Kier alpha value is -5.10. The SMILES string of the molecule is Oc1ccc(O)c(-c2cccc(-c3cc(O)cc(-c4cccc(-c5cc(O)ccc5O)c4)c3O)c2)c1. The van der Waals surface area contributed by atoms with Crippen molar-refractivity contribution in [1.82, 2.24) is 0 Å². The van der Waals surface area contributed by atoms with Crippen LogP contribution in [0.3, 0.4) is 0 Å². The summed E-state index contributed by atoms with van der Waals surface area (Å²) in [4.78, 5) is 0. The van der Waals surface area contributed by atoms with Gasteiger partial charge in [-0.05, 0) is 82.9 Å². The molecule has 0 aliphatic rings. The molecule has 0 spiro atoms. The molecule has 0 radical (unpaired) electrons. The van der Waals surface area contributed by atoms with E-state index >= 15 is 0 Å². The van der Waals surface area contributed by atoms with Gasteiger partial charge < -0.3 is 30.6 Å². The predicted molar refractivity (Wildman–Crippen MR) is 138 cm³/mol. The molecular weight excluding hydrogens is 456 g/mol. The first-order valence-corrected chi connectivity index (χ1v) is 11.1. The molecule has 0 heterocycles. The molecule has 0 bridgehead atoms. The van der Waals surface area contributed by atoms with Gasteiger partial charge >= 0.3 is 0 Å². The van der Waals surface area contributed by atoms with E-state index in [4.69, 9.17) is 0 Å². The van der Waals surface area contributed by atoms with Gasteiger partial charge in [-0.2, -0.15) is 0 Å². The molecule has 0 saturated heterocycles. The normalized spacial score (nSPS) is 10.9. The summed E-state index contributed by atoms with van der Waals surface area (Å²) in [6, 6.07) is 25.4. The van der Waals surface area contributed by atoms with Gasteiger partial charge in [0.05, 0.1) is 0 Å². The molecule has 36 heavy (non-hydrogen) atoms. The molecule has 0 atom stereocenters. The maximum absolute atomic E-state index is 11.3. The first-order chi connectivity index (χ1) is 17.3. The molecule has 0 aliphatic carbocycles. The molecule has 6 heteroatoms. The Morgan fingerprint density at radius 2 is 0.694 bits per heavy atom. The van der Waals surface area contributed by atoms with Crippen LogP contribution in [0.4, 0.5) is 0 Å². The van der Waals surface area contributed by atoms with Crippen LogP contribution in [0.2, 0.25) is 0 Å². The minimum atomic E-state index is -0.0673. The van der Waals surface area contributed by atoms with E-state index in [9.17, 15) is 30.6 Å². The zero-order valence-corrected chi connectivity index (χ0v) is 18.9. The molecule has 178 valence electrons. The monoisotopic (exact) mass is 478 g/mol. The summed E-state index contributed by atoms with van der Waals surface area (Å²) in [6.07, 6.45) is 0. The zero-order valence-electron chi connectivity index (χ0n) is 18.9. The van der Waals surface area contributed by atoms with Crippen LogP contribution in [0.15, 0.2) is 97.1 Å². The van der Waals surface area contributed by atoms with Crippen LogP contribution < -0.4 is 0 Å². The van der Waals surface area contributed by atoms with E-state index in [1.54, 1.807) is 48.5 Å². The minimum absolute atomic E-state index is 0.00205. The van der Waals surface area contributed by atoms with Crippen molar-refractivity contribution in [2.75, 3.05) is 0 Å². The summed E-state index contributed by atoms with van der Waals surface area (Å²) in [5.74, 6) is -0.117. The smallest absolute Gasteiger partial charge is 0.131 e. The Morgan fingerprint density at radius 3 is 1.11 bits per heavy atom. The van der Waals surface area contributed by atoms with Crippen LogP contribution in [0.25, 0.3) is 44.5 Å². The average Bonchev–Trinajstić information content (AvgIpc) is 2.88. The zero-order chi connectivity index (χ0) is 25.4. The molecule has 5 rings (SSSR count). The lowest BCUT2D eigenvalue weighted by Crippen LogP contribution is -1.88. The number of hydrogen-bond donors (Lipinski definition) is 6. The molecule has 0 saturated carbocycles. The average molecular weight is 479 g/mol. The van der Waals surface area contributed by atoms with Crippen molar-refractivity contribution >= 4 is 0 Å². The molecule has 0 unspecified atom stereocenters. The van der Waals surface area contributed by atoms with E-state index in [-0.39, 0.29) is 34.5 Å². The predicted octanol–water partition coefficient (Wildman–Crippen LogP) is 6.59. The summed E-state index contributed by atoms with van der Waals surface area (Å²) >= 11 is 0. The summed E-state index contributed by atoms with van der Waals surface area (Å²) in [7, 11) is 0. The summed E-state index contributed by atoms with van der Waals surface area (Å²) in [5.41, 5.74) is 4.01. The van der Waals surface area contributed by atoms with E-state index in [1.165, 1.54) is 48.5 Å². The Bertz CT molecular complexity index is 1490. The number of rotatable bonds is 4. The van der Waals surface area contributed by atoms with E-state index in [0.717, 1.165) is 0 Å². The summed E-state index contributed by atoms with van der Waals surface area (Å²) in [5, 5.41) is 62.0. The van der Waals surface area contributed by atoms with Crippen LogP contribution in [0.1, 0.15) is 0 Å². The van der Waals surface area contributed by atoms with Gasteiger partial charge in [-0.3, -0.25) is 0 Å². The second kappa shape index (κ2) is 8.92. The number of phenols is 6. The standard InChI is InChI=1S/C30H22O6/c31-21-7-9-28(34)24(13-21)17-3-1-5-19(11-17)26-15-23(33)16-27(30(26)36)20-6-2-4-18(12-20)25-14-22(32)8-10-29(25)35/h1-16,31-36H. The molecule has 0 aliphatic heterocycles. The molecule has 5 aromatic rings. The number of aromatic hydroxyl groups is 6. The van der Waals surface area contributed by atoms with Crippen molar-refractivity contribution in [3.05, 3.63) is 97.1 Å². The highest BCUT2D eigenvalue weighted by atomic mass is 16.3. The first-order valence-electron chi connectivity index (χ1n) is 11.1. The molecule has 0 aromatic heterocycles. The van der Waals surface area contributed by atoms with Gasteiger partial charge in [0.15, 0.2) is 0 Å². The Balaban J connectivity index is 1.62. The highest BCUT2D eigenvalue weighted by molar-refractivity contribution is 5.87. The molecular formula is C30H22O6. The van der Waals surface area contributed by atoms with Crippen LogP contribution in [0, 0.1) is 0 Å². The molecule has 0 amide bonds. The van der Waals surface area contributed by atoms with Crippen molar-refractivity contribution in [2.24, 2.45) is 0 Å². The van der Waals surface area contributed by atoms with Gasteiger partial charge in [-0.25, -0.2) is 0 Å². The lowest BCUT2D eigenvalue weighted by Gasteiger charge is -2.14. The van der Waals surface area contributed by atoms with E-state index in [1.807, 2.05) is 0 Å². The van der Waals surface area contributed by atoms with Gasteiger partial charge in [0, 0.05) is 22.3 Å². The fraction of sp³-hybridized carbons (Fsp3) is 0. The quantitative estimate of drug-likeness (QED) is 0.162. The maximum atomic E-state index is 11.3. The second-order valence-electron chi connectivity index (χ2n) is 8.45. The Labute approximate surface area is 206 Å². The third kappa shape index (κ3) is 4.23. The molecule has 0 fully saturated rings. The third-order valence-corrected chi connectivity index (χ3v) is 6.02. The topological polar surface area (TPSA) is 121 Å². The fourth-order valence-corrected chi connectivity index (χ4v) is 4.28. The van der Waals surface area contributed by atoms with Crippen LogP contribution in [0.5, 0.6) is 34.5 Å². The Morgan fingerprint density at radius 1 is 0.333 bits per heavy atom. The first kappa shape index (κ1) is 22.7. The highest BCUT2D eigenvalue weighted by Crippen LogP contribution is 2.44. The second-order valence-corrected chi connectivity index (χ2v) is 8.45. The van der Waals surface area contributed by atoms with E-state index < -0.39 is 0 Å². The minimum Gasteiger partial charge on any atom is -0.508 e. The van der Waals surface area contributed by atoms with E-state index in [0.29, 0.717) is 44.5 Å². The largest absolute Gasteiger partial charge is 0.508 e. The van der Waals surface area contributed by atoms with Gasteiger partial charge in [0.25, 0.3) is 0 Å². The van der Waals surface area contributed by atoms with Crippen molar-refractivity contribution in [3.63, 3.8) is 0 Å². The van der Waals surface area contributed by atoms with Crippen LogP contribution >= 0.6 is 0 Å². The third-order valence-electron chi connectivity index (χ3n) is 6.02. The van der Waals surface area contributed by atoms with Crippen LogP contribution in [-0.2, 0) is 0 Å². The molecule has 6 N–H and O–H groups in total. The fourth-order valence-electron chi connectivity index (χ4n) is 4.28. The lowest BCUT2D eigenvalue weighted by atomic mass is 9.93.